The Bertz CT molecular complexity index is 1290. The van der Waals surface area contributed by atoms with Crippen LogP contribution in [0.25, 0.3) is 11.0 Å². The van der Waals surface area contributed by atoms with Gasteiger partial charge >= 0.3 is 0 Å². The van der Waals surface area contributed by atoms with Crippen LogP contribution in [0.15, 0.2) is 66.7 Å². The minimum Gasteiger partial charge on any atom is -0.494 e. The molecule has 0 saturated carbocycles. The molecule has 1 N–H and O–H groups in total. The topological polar surface area (TPSA) is 56.1 Å². The van der Waals surface area contributed by atoms with Crippen LogP contribution in [0.3, 0.4) is 0 Å². The lowest BCUT2D eigenvalue weighted by Gasteiger charge is -2.11. The first kappa shape index (κ1) is 25.5. The minimum atomic E-state index is 0.0709. The van der Waals surface area contributed by atoms with E-state index < -0.39 is 0 Å². The molecule has 0 aliphatic heterocycles. The number of fused-ring (bicyclic) bond motifs is 1. The van der Waals surface area contributed by atoms with Gasteiger partial charge in [0, 0.05) is 19.5 Å². The van der Waals surface area contributed by atoms with Gasteiger partial charge in [-0.25, -0.2) is 4.98 Å². The molecule has 0 spiro atoms. The van der Waals surface area contributed by atoms with Gasteiger partial charge in [-0.2, -0.15) is 0 Å². The highest BCUT2D eigenvalue weighted by Gasteiger charge is 2.11. The van der Waals surface area contributed by atoms with E-state index in [0.29, 0.717) is 19.6 Å². The van der Waals surface area contributed by atoms with E-state index in [0.717, 1.165) is 60.4 Å². The lowest BCUT2D eigenvalue weighted by Crippen LogP contribution is -2.26. The van der Waals surface area contributed by atoms with Gasteiger partial charge in [0.05, 0.1) is 24.1 Å². The Labute approximate surface area is 214 Å². The zero-order chi connectivity index (χ0) is 25.3. The number of aromatic nitrogens is 2. The van der Waals surface area contributed by atoms with E-state index in [-0.39, 0.29) is 5.91 Å². The summed E-state index contributed by atoms with van der Waals surface area (Å²) in [5, 5.41) is 3.07. The van der Waals surface area contributed by atoms with Crippen LogP contribution < -0.4 is 10.1 Å². The number of ether oxygens (including phenoxy) is 1. The van der Waals surface area contributed by atoms with Gasteiger partial charge in [0.15, 0.2) is 0 Å². The predicted octanol–water partition coefficient (Wildman–Crippen LogP) is 6.11. The molecule has 188 valence electrons. The number of amides is 1. The van der Waals surface area contributed by atoms with Gasteiger partial charge in [-0.05, 0) is 86.6 Å². The Hall–Kier alpha value is -3.60. The fourth-order valence-corrected chi connectivity index (χ4v) is 4.66. The average Bonchev–Trinajstić information content (AvgIpc) is 3.20. The fraction of sp³-hybridized carbons (Fsp3) is 0.355. The summed E-state index contributed by atoms with van der Waals surface area (Å²) in [5.74, 6) is 2.10. The third kappa shape index (κ3) is 6.97. The van der Waals surface area contributed by atoms with Crippen LogP contribution >= 0.6 is 0 Å². The number of carbonyl (C=O) groups excluding carboxylic acids is 1. The Kier molecular flexibility index (Phi) is 8.77. The molecule has 0 saturated heterocycles. The lowest BCUT2D eigenvalue weighted by atomic mass is 10.1. The number of aryl methyl sites for hydroxylation is 5. The first-order valence-corrected chi connectivity index (χ1v) is 13.0. The largest absolute Gasteiger partial charge is 0.494 e. The third-order valence-corrected chi connectivity index (χ3v) is 6.49. The molecule has 3 aromatic carbocycles. The molecular weight excluding hydrogens is 446 g/mol. The van der Waals surface area contributed by atoms with Gasteiger partial charge < -0.3 is 14.6 Å². The molecule has 5 nitrogen and oxygen atoms in total. The Balaban J connectivity index is 1.27. The van der Waals surface area contributed by atoms with Crippen molar-refractivity contribution >= 4 is 16.9 Å². The summed E-state index contributed by atoms with van der Waals surface area (Å²) in [4.78, 5) is 17.3. The summed E-state index contributed by atoms with van der Waals surface area (Å²) in [6, 6.07) is 22.7. The molecule has 4 aromatic rings. The van der Waals surface area contributed by atoms with E-state index in [2.05, 4.69) is 60.1 Å². The normalized spacial score (nSPS) is 11.1. The third-order valence-electron chi connectivity index (χ3n) is 6.49. The monoisotopic (exact) mass is 483 g/mol. The van der Waals surface area contributed by atoms with E-state index in [9.17, 15) is 4.79 Å². The van der Waals surface area contributed by atoms with E-state index >= 15 is 0 Å². The van der Waals surface area contributed by atoms with Gasteiger partial charge in [-0.1, -0.05) is 42.5 Å². The Morgan fingerprint density at radius 3 is 2.47 bits per heavy atom. The van der Waals surface area contributed by atoms with Gasteiger partial charge in [0.25, 0.3) is 0 Å². The number of carbonyl (C=O) groups is 1. The smallest absolute Gasteiger partial charge is 0.224 e. The van der Waals surface area contributed by atoms with E-state index in [1.165, 1.54) is 16.6 Å². The van der Waals surface area contributed by atoms with Crippen molar-refractivity contribution in [3.8, 4) is 5.75 Å². The van der Waals surface area contributed by atoms with E-state index in [1.807, 2.05) is 37.3 Å². The van der Waals surface area contributed by atoms with Crippen LogP contribution in [-0.2, 0) is 24.2 Å². The van der Waals surface area contributed by atoms with Crippen molar-refractivity contribution < 1.29 is 9.53 Å². The summed E-state index contributed by atoms with van der Waals surface area (Å²) in [6.45, 7) is 8.51. The number of nitrogens with zero attached hydrogens (tertiary/aromatic N) is 2. The van der Waals surface area contributed by atoms with E-state index in [4.69, 9.17) is 9.72 Å². The summed E-state index contributed by atoms with van der Waals surface area (Å²) in [6.07, 6.45) is 4.12. The molecular formula is C31H37N3O2. The number of benzene rings is 3. The molecule has 0 unspecified atom stereocenters. The van der Waals surface area contributed by atoms with Crippen molar-refractivity contribution in [3.05, 3.63) is 94.8 Å². The van der Waals surface area contributed by atoms with Crippen molar-refractivity contribution in [1.29, 1.82) is 0 Å². The van der Waals surface area contributed by atoms with Crippen LogP contribution in [-0.4, -0.2) is 28.6 Å². The number of unbranched alkanes of at least 4 members (excludes halogenated alkanes) is 1. The van der Waals surface area contributed by atoms with E-state index in [1.54, 1.807) is 0 Å². The van der Waals surface area contributed by atoms with Crippen LogP contribution in [0.5, 0.6) is 5.75 Å². The first-order valence-electron chi connectivity index (χ1n) is 13.0. The molecule has 0 aliphatic carbocycles. The van der Waals surface area contributed by atoms with Crippen molar-refractivity contribution in [2.24, 2.45) is 0 Å². The van der Waals surface area contributed by atoms with Gasteiger partial charge in [-0.15, -0.1) is 0 Å². The molecule has 0 radical (unpaired) electrons. The second kappa shape index (κ2) is 12.4. The van der Waals surface area contributed by atoms with Crippen LogP contribution in [0.2, 0.25) is 0 Å². The molecule has 5 heteroatoms. The first-order chi connectivity index (χ1) is 17.5. The zero-order valence-electron chi connectivity index (χ0n) is 21.7. The number of hydrogen-bond donors (Lipinski definition) is 1. The van der Waals surface area contributed by atoms with Crippen molar-refractivity contribution in [3.63, 3.8) is 0 Å². The lowest BCUT2D eigenvalue weighted by molar-refractivity contribution is -0.120. The highest BCUT2D eigenvalue weighted by Crippen LogP contribution is 2.19. The highest BCUT2D eigenvalue weighted by atomic mass is 16.5. The molecule has 0 bridgehead atoms. The van der Waals surface area contributed by atoms with Gasteiger partial charge in [-0.3, -0.25) is 4.79 Å². The van der Waals surface area contributed by atoms with Gasteiger partial charge in [0.1, 0.15) is 11.6 Å². The quantitative estimate of drug-likeness (QED) is 0.247. The van der Waals surface area contributed by atoms with Crippen molar-refractivity contribution in [2.75, 3.05) is 13.2 Å². The Morgan fingerprint density at radius 1 is 0.917 bits per heavy atom. The minimum absolute atomic E-state index is 0.0709. The summed E-state index contributed by atoms with van der Waals surface area (Å²) in [5.41, 5.74) is 6.89. The van der Waals surface area contributed by atoms with Crippen LogP contribution in [0.1, 0.15) is 47.3 Å². The zero-order valence-corrected chi connectivity index (χ0v) is 21.7. The molecule has 4 rings (SSSR count). The maximum Gasteiger partial charge on any atom is 0.224 e. The standard InChI is InChI=1S/C31H37N3O2/c1-23-19-24(2)21-27(20-23)36-18-9-8-17-34-29-14-7-6-13-28(29)33-30(34)15-10-16-32-31(35)22-26-12-5-4-11-25(26)3/h4-7,11-14,19-21H,8-10,15-18,22H2,1-3H3,(H,32,35). The van der Waals surface area contributed by atoms with Crippen LogP contribution in [0, 0.1) is 20.8 Å². The fourth-order valence-electron chi connectivity index (χ4n) is 4.66. The summed E-state index contributed by atoms with van der Waals surface area (Å²) < 4.78 is 8.33. The second-order valence-electron chi connectivity index (χ2n) is 9.60. The van der Waals surface area contributed by atoms with Crippen LogP contribution in [0.4, 0.5) is 0 Å². The molecule has 36 heavy (non-hydrogen) atoms. The van der Waals surface area contributed by atoms with Gasteiger partial charge in [0.2, 0.25) is 5.91 Å². The second-order valence-corrected chi connectivity index (χ2v) is 9.60. The number of imidazole rings is 1. The molecule has 1 amide bonds. The Morgan fingerprint density at radius 2 is 1.67 bits per heavy atom. The number of rotatable bonds is 12. The maximum absolute atomic E-state index is 12.4. The summed E-state index contributed by atoms with van der Waals surface area (Å²) >= 11 is 0. The van der Waals surface area contributed by atoms with Crippen molar-refractivity contribution in [1.82, 2.24) is 14.9 Å². The molecule has 0 fully saturated rings. The molecule has 1 heterocycles. The predicted molar refractivity (Wildman–Crippen MR) is 147 cm³/mol. The molecule has 1 aromatic heterocycles. The maximum atomic E-state index is 12.4. The molecule has 0 atom stereocenters. The SMILES string of the molecule is Cc1cc(C)cc(OCCCCn2c(CCCNC(=O)Cc3ccccc3C)nc3ccccc32)c1. The average molecular weight is 484 g/mol. The number of nitrogens with one attached hydrogen (secondary N) is 1. The number of para-hydroxylation sites is 2. The number of hydrogen-bond acceptors (Lipinski definition) is 3. The molecule has 0 aliphatic rings. The summed E-state index contributed by atoms with van der Waals surface area (Å²) in [7, 11) is 0. The van der Waals surface area contributed by atoms with Crippen molar-refractivity contribution in [2.45, 2.75) is 59.4 Å². The highest BCUT2D eigenvalue weighted by molar-refractivity contribution is 5.79.